The van der Waals surface area contributed by atoms with Gasteiger partial charge >= 0.3 is 0 Å². The summed E-state index contributed by atoms with van der Waals surface area (Å²) in [5.41, 5.74) is 2.97. The molecule has 0 fully saturated rings. The zero-order valence-electron chi connectivity index (χ0n) is 16.4. The summed E-state index contributed by atoms with van der Waals surface area (Å²) in [4.78, 5) is 22.9. The Hall–Kier alpha value is -2.99. The molecular weight excluding hydrogens is 380 g/mol. The predicted molar refractivity (Wildman–Crippen MR) is 117 cm³/mol. The molecule has 0 aliphatic carbocycles. The number of benzene rings is 1. The van der Waals surface area contributed by atoms with Crippen LogP contribution in [0.15, 0.2) is 66.2 Å². The molecule has 3 aromatic heterocycles. The highest BCUT2D eigenvalue weighted by molar-refractivity contribution is 7.09. The average molecular weight is 405 g/mol. The third-order valence-corrected chi connectivity index (χ3v) is 5.89. The molecule has 0 bridgehead atoms. The number of hydrogen-bond donors (Lipinski definition) is 1. The van der Waals surface area contributed by atoms with Crippen molar-refractivity contribution in [3.63, 3.8) is 0 Å². The lowest BCUT2D eigenvalue weighted by atomic mass is 10.0. The summed E-state index contributed by atoms with van der Waals surface area (Å²) in [6.07, 6.45) is 2.79. The molecule has 1 amide bonds. The zero-order valence-corrected chi connectivity index (χ0v) is 17.2. The van der Waals surface area contributed by atoms with Crippen LogP contribution in [0.5, 0.6) is 0 Å². The van der Waals surface area contributed by atoms with Gasteiger partial charge in [-0.2, -0.15) is 0 Å². The maximum atomic E-state index is 12.4. The highest BCUT2D eigenvalue weighted by Crippen LogP contribution is 2.19. The van der Waals surface area contributed by atoms with Gasteiger partial charge in [-0.1, -0.05) is 43.3 Å². The first-order valence-corrected chi connectivity index (χ1v) is 10.7. The Morgan fingerprint density at radius 2 is 2.00 bits per heavy atom. The predicted octanol–water partition coefficient (Wildman–Crippen LogP) is 4.39. The van der Waals surface area contributed by atoms with E-state index in [1.165, 1.54) is 10.4 Å². The fourth-order valence-electron chi connectivity index (χ4n) is 3.40. The molecule has 1 N–H and O–H groups in total. The molecule has 0 radical (unpaired) electrons. The third-order valence-electron chi connectivity index (χ3n) is 5.03. The monoisotopic (exact) mass is 404 g/mol. The molecule has 148 valence electrons. The van der Waals surface area contributed by atoms with Gasteiger partial charge in [-0.15, -0.1) is 11.3 Å². The van der Waals surface area contributed by atoms with Gasteiger partial charge in [0.05, 0.1) is 6.54 Å². The number of hydrogen-bond acceptors (Lipinski definition) is 4. The fourth-order valence-corrected chi connectivity index (χ4v) is 4.09. The van der Waals surface area contributed by atoms with Crippen molar-refractivity contribution in [2.75, 3.05) is 6.54 Å². The molecule has 4 rings (SSSR count). The Bertz CT molecular complexity index is 1070. The Kier molecular flexibility index (Phi) is 6.00. The number of carbonyl (C=O) groups is 1. The van der Waals surface area contributed by atoms with E-state index in [0.29, 0.717) is 19.4 Å². The third kappa shape index (κ3) is 4.71. The Labute approximate surface area is 174 Å². The van der Waals surface area contributed by atoms with Crippen LogP contribution in [0.4, 0.5) is 0 Å². The van der Waals surface area contributed by atoms with Gasteiger partial charge in [-0.05, 0) is 35.1 Å². The minimum Gasteiger partial charge on any atom is -0.355 e. The number of aromatic nitrogens is 3. The van der Waals surface area contributed by atoms with Gasteiger partial charge in [0.25, 0.3) is 0 Å². The number of nitrogens with one attached hydrogen (secondary N) is 1. The van der Waals surface area contributed by atoms with E-state index in [4.69, 9.17) is 4.98 Å². The topological polar surface area (TPSA) is 59.8 Å². The maximum Gasteiger partial charge on any atom is 0.220 e. The van der Waals surface area contributed by atoms with E-state index >= 15 is 0 Å². The Morgan fingerprint density at radius 1 is 1.14 bits per heavy atom. The van der Waals surface area contributed by atoms with Crippen LogP contribution in [0.2, 0.25) is 0 Å². The van der Waals surface area contributed by atoms with Crippen molar-refractivity contribution >= 4 is 28.4 Å². The van der Waals surface area contributed by atoms with Gasteiger partial charge < -0.3 is 9.88 Å². The van der Waals surface area contributed by atoms with Gasteiger partial charge in [0.2, 0.25) is 5.91 Å². The molecule has 1 aromatic carbocycles. The van der Waals surface area contributed by atoms with Crippen LogP contribution in [0.1, 0.15) is 35.5 Å². The second kappa shape index (κ2) is 9.01. The van der Waals surface area contributed by atoms with Gasteiger partial charge in [0.15, 0.2) is 5.65 Å². The van der Waals surface area contributed by atoms with Crippen molar-refractivity contribution in [3.8, 4) is 0 Å². The first-order chi connectivity index (χ1) is 14.2. The standard InChI is InChI=1S/C23H24N4OS/c1-17(18-7-3-2-4-8-18)15-25-22(28)12-11-21-26-20-10-5-13-24-23(20)27(21)16-19-9-6-14-29-19/h2-10,13-14,17H,11-12,15-16H2,1H3,(H,25,28)/t17-/m1/s1. The Balaban J connectivity index is 1.40. The van der Waals surface area contributed by atoms with Crippen molar-refractivity contribution in [3.05, 3.63) is 82.4 Å². The van der Waals surface area contributed by atoms with Crippen LogP contribution in [-0.2, 0) is 17.8 Å². The summed E-state index contributed by atoms with van der Waals surface area (Å²) >= 11 is 1.72. The van der Waals surface area contributed by atoms with Crippen molar-refractivity contribution in [2.45, 2.75) is 32.2 Å². The Morgan fingerprint density at radius 3 is 2.79 bits per heavy atom. The summed E-state index contributed by atoms with van der Waals surface area (Å²) in [7, 11) is 0. The largest absolute Gasteiger partial charge is 0.355 e. The van der Waals surface area contributed by atoms with Crippen LogP contribution < -0.4 is 5.32 Å². The fraction of sp³-hybridized carbons (Fsp3) is 0.261. The number of aryl methyl sites for hydroxylation is 1. The van der Waals surface area contributed by atoms with Crippen molar-refractivity contribution < 1.29 is 4.79 Å². The van der Waals surface area contributed by atoms with Crippen molar-refractivity contribution in [2.24, 2.45) is 0 Å². The molecule has 0 unspecified atom stereocenters. The van der Waals surface area contributed by atoms with Crippen molar-refractivity contribution in [1.82, 2.24) is 19.9 Å². The molecule has 0 saturated heterocycles. The molecule has 0 aliphatic rings. The SMILES string of the molecule is C[C@H](CNC(=O)CCc1nc2cccnc2n1Cc1cccs1)c1ccccc1. The molecule has 4 aromatic rings. The summed E-state index contributed by atoms with van der Waals surface area (Å²) in [5, 5.41) is 5.13. The van der Waals surface area contributed by atoms with E-state index < -0.39 is 0 Å². The van der Waals surface area contributed by atoms with Crippen LogP contribution >= 0.6 is 11.3 Å². The van der Waals surface area contributed by atoms with Crippen LogP contribution in [0.25, 0.3) is 11.2 Å². The summed E-state index contributed by atoms with van der Waals surface area (Å²) < 4.78 is 2.13. The number of fused-ring (bicyclic) bond motifs is 1. The number of amides is 1. The molecule has 5 nitrogen and oxygen atoms in total. The summed E-state index contributed by atoms with van der Waals surface area (Å²) in [6, 6.07) is 18.3. The van der Waals surface area contributed by atoms with E-state index in [-0.39, 0.29) is 11.8 Å². The number of pyridine rings is 1. The lowest BCUT2D eigenvalue weighted by Gasteiger charge is -2.13. The average Bonchev–Trinajstić information content (AvgIpc) is 3.39. The van der Waals surface area contributed by atoms with Gasteiger partial charge in [0, 0.05) is 30.5 Å². The second-order valence-electron chi connectivity index (χ2n) is 7.16. The second-order valence-corrected chi connectivity index (χ2v) is 8.19. The number of thiophene rings is 1. The molecule has 0 aliphatic heterocycles. The highest BCUT2D eigenvalue weighted by atomic mass is 32.1. The molecule has 3 heterocycles. The van der Waals surface area contributed by atoms with E-state index in [2.05, 4.69) is 45.4 Å². The minimum absolute atomic E-state index is 0.0514. The van der Waals surface area contributed by atoms with E-state index in [9.17, 15) is 4.79 Å². The van der Waals surface area contributed by atoms with Gasteiger partial charge in [-0.3, -0.25) is 4.79 Å². The van der Waals surface area contributed by atoms with Crippen LogP contribution in [0, 0.1) is 0 Å². The molecule has 1 atom stereocenters. The molecule has 29 heavy (non-hydrogen) atoms. The number of imidazole rings is 1. The molecule has 0 saturated carbocycles. The summed E-state index contributed by atoms with van der Waals surface area (Å²) in [5.74, 6) is 1.24. The first kappa shape index (κ1) is 19.3. The van der Waals surface area contributed by atoms with E-state index in [1.807, 2.05) is 36.4 Å². The number of rotatable bonds is 8. The van der Waals surface area contributed by atoms with Gasteiger partial charge in [0.1, 0.15) is 11.3 Å². The smallest absolute Gasteiger partial charge is 0.220 e. The summed E-state index contributed by atoms with van der Waals surface area (Å²) in [6.45, 7) is 3.49. The quantitative estimate of drug-likeness (QED) is 0.474. The van der Waals surface area contributed by atoms with Crippen LogP contribution in [0.3, 0.4) is 0 Å². The van der Waals surface area contributed by atoms with E-state index in [1.54, 1.807) is 17.5 Å². The van der Waals surface area contributed by atoms with Crippen molar-refractivity contribution in [1.29, 1.82) is 0 Å². The number of carbonyl (C=O) groups excluding carboxylic acids is 1. The molecule has 0 spiro atoms. The zero-order chi connectivity index (χ0) is 20.1. The lowest BCUT2D eigenvalue weighted by Crippen LogP contribution is -2.28. The normalized spacial score (nSPS) is 12.2. The highest BCUT2D eigenvalue weighted by Gasteiger charge is 2.14. The lowest BCUT2D eigenvalue weighted by molar-refractivity contribution is -0.121. The number of nitrogens with zero attached hydrogens (tertiary/aromatic N) is 3. The van der Waals surface area contributed by atoms with E-state index in [0.717, 1.165) is 23.5 Å². The van der Waals surface area contributed by atoms with Crippen LogP contribution in [-0.4, -0.2) is 27.0 Å². The maximum absolute atomic E-state index is 12.4. The minimum atomic E-state index is 0.0514. The first-order valence-electron chi connectivity index (χ1n) is 9.85. The molecular formula is C23H24N4OS. The molecule has 6 heteroatoms. The van der Waals surface area contributed by atoms with Gasteiger partial charge in [-0.25, -0.2) is 9.97 Å².